The molecule has 2 aromatic rings. The SMILES string of the molecule is Cc1[nH]c(=S)sc1CC(=O)N1CC[C@H](Oc2ccccc2Cl)C1. The summed E-state index contributed by atoms with van der Waals surface area (Å²) < 4.78 is 6.63. The maximum Gasteiger partial charge on any atom is 0.228 e. The molecule has 0 unspecified atom stereocenters. The van der Waals surface area contributed by atoms with Gasteiger partial charge in [0.15, 0.2) is 3.95 Å². The number of likely N-dealkylation sites (tertiary alicyclic amines) is 1. The first-order chi connectivity index (χ1) is 11.0. The van der Waals surface area contributed by atoms with Crippen molar-refractivity contribution in [1.82, 2.24) is 9.88 Å². The van der Waals surface area contributed by atoms with E-state index >= 15 is 0 Å². The van der Waals surface area contributed by atoms with Crippen LogP contribution in [-0.2, 0) is 11.2 Å². The standard InChI is InChI=1S/C16H17ClN2O2S2/c1-10-14(23-16(22)18-10)8-15(20)19-7-6-11(9-19)21-13-5-3-2-4-12(13)17/h2-5,11H,6-9H2,1H3,(H,18,22)/t11-/m0/s1. The summed E-state index contributed by atoms with van der Waals surface area (Å²) in [7, 11) is 0. The average molecular weight is 369 g/mol. The van der Waals surface area contributed by atoms with Crippen LogP contribution in [0.3, 0.4) is 0 Å². The fourth-order valence-corrected chi connectivity index (χ4v) is 4.09. The molecule has 1 N–H and O–H groups in total. The van der Waals surface area contributed by atoms with Gasteiger partial charge < -0.3 is 14.6 Å². The summed E-state index contributed by atoms with van der Waals surface area (Å²) in [4.78, 5) is 18.4. The van der Waals surface area contributed by atoms with Crippen molar-refractivity contribution in [3.05, 3.63) is 43.8 Å². The number of ether oxygens (including phenoxy) is 1. The molecule has 23 heavy (non-hydrogen) atoms. The third kappa shape index (κ3) is 3.94. The zero-order chi connectivity index (χ0) is 16.4. The Bertz CT molecular complexity index is 771. The molecule has 1 aliphatic rings. The van der Waals surface area contributed by atoms with E-state index in [1.54, 1.807) is 6.07 Å². The largest absolute Gasteiger partial charge is 0.487 e. The minimum Gasteiger partial charge on any atom is -0.487 e. The van der Waals surface area contributed by atoms with Crippen LogP contribution in [0, 0.1) is 10.9 Å². The molecule has 3 rings (SSSR count). The lowest BCUT2D eigenvalue weighted by Crippen LogP contribution is -2.32. The van der Waals surface area contributed by atoms with E-state index in [2.05, 4.69) is 4.98 Å². The summed E-state index contributed by atoms with van der Waals surface area (Å²) in [6.45, 7) is 3.25. The number of nitrogens with zero attached hydrogens (tertiary/aromatic N) is 1. The molecule has 1 fully saturated rings. The number of nitrogens with one attached hydrogen (secondary N) is 1. The third-order valence-corrected chi connectivity index (χ3v) is 5.51. The van der Waals surface area contributed by atoms with Crippen molar-refractivity contribution in [2.75, 3.05) is 13.1 Å². The van der Waals surface area contributed by atoms with Gasteiger partial charge in [0.2, 0.25) is 5.91 Å². The number of aromatic amines is 1. The van der Waals surface area contributed by atoms with Gasteiger partial charge in [-0.15, -0.1) is 11.3 Å². The highest BCUT2D eigenvalue weighted by Crippen LogP contribution is 2.27. The minimum absolute atomic E-state index is 0.00985. The molecule has 0 spiro atoms. The number of hydrogen-bond donors (Lipinski definition) is 1. The van der Waals surface area contributed by atoms with Crippen LogP contribution in [0.15, 0.2) is 24.3 Å². The average Bonchev–Trinajstić information content (AvgIpc) is 3.09. The molecule has 122 valence electrons. The number of amides is 1. The summed E-state index contributed by atoms with van der Waals surface area (Å²) in [5, 5.41) is 0.597. The van der Waals surface area contributed by atoms with Crippen LogP contribution < -0.4 is 4.74 Å². The Kier molecular flexibility index (Phi) is 5.04. The van der Waals surface area contributed by atoms with Gasteiger partial charge in [0.1, 0.15) is 11.9 Å². The summed E-state index contributed by atoms with van der Waals surface area (Å²) in [5.41, 5.74) is 0.983. The second-order valence-electron chi connectivity index (χ2n) is 5.54. The number of carbonyl (C=O) groups is 1. The molecule has 7 heteroatoms. The molecule has 0 aliphatic carbocycles. The molecule has 1 saturated heterocycles. The van der Waals surface area contributed by atoms with Gasteiger partial charge in [-0.3, -0.25) is 4.79 Å². The van der Waals surface area contributed by atoms with Crippen LogP contribution in [0.2, 0.25) is 5.02 Å². The van der Waals surface area contributed by atoms with E-state index in [9.17, 15) is 4.79 Å². The van der Waals surface area contributed by atoms with E-state index in [0.29, 0.717) is 34.2 Å². The molecule has 1 atom stereocenters. The number of carbonyl (C=O) groups excluding carboxylic acids is 1. The van der Waals surface area contributed by atoms with Crippen molar-refractivity contribution in [2.45, 2.75) is 25.9 Å². The highest BCUT2D eigenvalue weighted by atomic mass is 35.5. The topological polar surface area (TPSA) is 45.3 Å². The summed E-state index contributed by atoms with van der Waals surface area (Å²) in [6.07, 6.45) is 1.20. The fraction of sp³-hybridized carbons (Fsp3) is 0.375. The van der Waals surface area contributed by atoms with Crippen LogP contribution in [-0.4, -0.2) is 35.0 Å². The van der Waals surface area contributed by atoms with E-state index < -0.39 is 0 Å². The second kappa shape index (κ2) is 7.03. The molecular formula is C16H17ClN2O2S2. The van der Waals surface area contributed by atoms with Crippen molar-refractivity contribution in [1.29, 1.82) is 0 Å². The molecule has 1 aromatic carbocycles. The van der Waals surface area contributed by atoms with Gasteiger partial charge in [-0.25, -0.2) is 0 Å². The molecule has 0 saturated carbocycles. The zero-order valence-electron chi connectivity index (χ0n) is 12.7. The first kappa shape index (κ1) is 16.5. The molecule has 1 amide bonds. The van der Waals surface area contributed by atoms with Crippen molar-refractivity contribution in [3.8, 4) is 5.75 Å². The normalized spacial score (nSPS) is 17.5. The molecule has 0 bridgehead atoms. The van der Waals surface area contributed by atoms with Crippen molar-refractivity contribution >= 4 is 41.1 Å². The summed E-state index contributed by atoms with van der Waals surface area (Å²) >= 11 is 12.7. The van der Waals surface area contributed by atoms with E-state index in [4.69, 9.17) is 28.6 Å². The van der Waals surface area contributed by atoms with Gasteiger partial charge >= 0.3 is 0 Å². The Balaban J connectivity index is 1.59. The molecular weight excluding hydrogens is 352 g/mol. The lowest BCUT2D eigenvalue weighted by Gasteiger charge is -2.17. The Morgan fingerprint density at radius 1 is 1.52 bits per heavy atom. The Hall–Kier alpha value is -1.37. The van der Waals surface area contributed by atoms with Gasteiger partial charge in [0, 0.05) is 23.5 Å². The van der Waals surface area contributed by atoms with Gasteiger partial charge in [-0.2, -0.15) is 0 Å². The Morgan fingerprint density at radius 2 is 2.30 bits per heavy atom. The molecule has 2 heterocycles. The van der Waals surface area contributed by atoms with E-state index in [1.165, 1.54) is 11.3 Å². The minimum atomic E-state index is -0.00985. The number of halogens is 1. The number of rotatable bonds is 4. The zero-order valence-corrected chi connectivity index (χ0v) is 15.1. The van der Waals surface area contributed by atoms with Crippen LogP contribution in [0.4, 0.5) is 0 Å². The van der Waals surface area contributed by atoms with Crippen LogP contribution in [0.25, 0.3) is 0 Å². The highest BCUT2D eigenvalue weighted by molar-refractivity contribution is 7.73. The maximum absolute atomic E-state index is 12.4. The van der Waals surface area contributed by atoms with E-state index in [1.807, 2.05) is 30.0 Å². The molecule has 1 aliphatic heterocycles. The predicted octanol–water partition coefficient (Wildman–Crippen LogP) is 3.99. The second-order valence-corrected chi connectivity index (χ2v) is 7.72. The molecule has 4 nitrogen and oxygen atoms in total. The van der Waals surface area contributed by atoms with Crippen molar-refractivity contribution < 1.29 is 9.53 Å². The van der Waals surface area contributed by atoms with Crippen molar-refractivity contribution in [3.63, 3.8) is 0 Å². The Labute approximate surface area is 149 Å². The first-order valence-corrected chi connectivity index (χ1v) is 9.01. The number of para-hydroxylation sites is 1. The Morgan fingerprint density at radius 3 is 3.00 bits per heavy atom. The number of thiazole rings is 1. The lowest BCUT2D eigenvalue weighted by molar-refractivity contribution is -0.129. The van der Waals surface area contributed by atoms with Crippen molar-refractivity contribution in [2.24, 2.45) is 0 Å². The van der Waals surface area contributed by atoms with E-state index in [0.717, 1.165) is 17.0 Å². The lowest BCUT2D eigenvalue weighted by atomic mass is 10.3. The predicted molar refractivity (Wildman–Crippen MR) is 95.0 cm³/mol. The maximum atomic E-state index is 12.4. The number of H-pyrrole nitrogens is 1. The van der Waals surface area contributed by atoms with Crippen LogP contribution in [0.5, 0.6) is 5.75 Å². The fourth-order valence-electron chi connectivity index (χ4n) is 2.63. The number of aryl methyl sites for hydroxylation is 1. The summed E-state index contributed by atoms with van der Waals surface area (Å²) in [5.74, 6) is 0.788. The smallest absolute Gasteiger partial charge is 0.228 e. The van der Waals surface area contributed by atoms with E-state index in [-0.39, 0.29) is 12.0 Å². The molecule has 0 radical (unpaired) electrons. The quantitative estimate of drug-likeness (QED) is 0.830. The summed E-state index contributed by atoms with van der Waals surface area (Å²) in [6, 6.07) is 7.41. The monoisotopic (exact) mass is 368 g/mol. The van der Waals surface area contributed by atoms with Gasteiger partial charge in [-0.05, 0) is 31.3 Å². The third-order valence-electron chi connectivity index (χ3n) is 3.86. The number of aromatic nitrogens is 1. The van der Waals surface area contributed by atoms with Gasteiger partial charge in [-0.1, -0.05) is 23.7 Å². The number of hydrogen-bond acceptors (Lipinski definition) is 4. The molecule has 1 aromatic heterocycles. The van der Waals surface area contributed by atoms with Crippen LogP contribution >= 0.6 is 35.2 Å². The first-order valence-electron chi connectivity index (χ1n) is 7.40. The highest BCUT2D eigenvalue weighted by Gasteiger charge is 2.28. The van der Waals surface area contributed by atoms with Crippen LogP contribution in [0.1, 0.15) is 17.0 Å². The van der Waals surface area contributed by atoms with Gasteiger partial charge in [0.25, 0.3) is 0 Å². The van der Waals surface area contributed by atoms with Gasteiger partial charge in [0.05, 0.1) is 18.0 Å². The number of benzene rings is 1.